The summed E-state index contributed by atoms with van der Waals surface area (Å²) in [5.41, 5.74) is 1.97. The summed E-state index contributed by atoms with van der Waals surface area (Å²) in [6.07, 6.45) is 0. The Hall–Kier alpha value is -4.00. The van der Waals surface area contributed by atoms with Crippen molar-refractivity contribution in [1.82, 2.24) is 20.3 Å². The smallest absolute Gasteiger partial charge is 0.278 e. The summed E-state index contributed by atoms with van der Waals surface area (Å²) in [5.74, 6) is 0.390. The average Bonchev–Trinajstić information content (AvgIpc) is 2.80. The van der Waals surface area contributed by atoms with E-state index in [0.29, 0.717) is 10.9 Å². The van der Waals surface area contributed by atoms with E-state index in [1.807, 2.05) is 54.6 Å². The van der Waals surface area contributed by atoms with Crippen LogP contribution in [0.15, 0.2) is 83.7 Å². The van der Waals surface area contributed by atoms with E-state index < -0.39 is 0 Å². The van der Waals surface area contributed by atoms with Crippen molar-refractivity contribution >= 4 is 16.8 Å². The zero-order valence-electron chi connectivity index (χ0n) is 16.4. The number of fused-ring (bicyclic) bond motifs is 1. The molecule has 1 unspecified atom stereocenters. The van der Waals surface area contributed by atoms with Crippen LogP contribution in [0.4, 0.5) is 0 Å². The second-order valence-corrected chi connectivity index (χ2v) is 6.75. The molecule has 0 spiro atoms. The Bertz CT molecular complexity index is 1220. The topological polar surface area (TPSA) is 86.1 Å². The normalized spacial score (nSPS) is 11.8. The van der Waals surface area contributed by atoms with Crippen LogP contribution in [0, 0.1) is 0 Å². The molecule has 0 aliphatic carbocycles. The van der Waals surface area contributed by atoms with Crippen molar-refractivity contribution in [3.8, 4) is 5.75 Å². The van der Waals surface area contributed by atoms with Gasteiger partial charge in [0.2, 0.25) is 5.91 Å². The molecular weight excluding hydrogens is 380 g/mol. The minimum atomic E-state index is -0.381. The Labute approximate surface area is 172 Å². The molecule has 0 saturated heterocycles. The van der Waals surface area contributed by atoms with Gasteiger partial charge in [-0.2, -0.15) is 0 Å². The number of carbonyl (C=O) groups excluding carboxylic acids is 1. The molecule has 150 valence electrons. The van der Waals surface area contributed by atoms with Crippen molar-refractivity contribution in [2.45, 2.75) is 12.6 Å². The van der Waals surface area contributed by atoms with Gasteiger partial charge in [0.15, 0.2) is 0 Å². The minimum Gasteiger partial charge on any atom is -0.497 e. The fraction of sp³-hybridized carbons (Fsp3) is 0.130. The van der Waals surface area contributed by atoms with Gasteiger partial charge in [-0.3, -0.25) is 9.59 Å². The summed E-state index contributed by atoms with van der Waals surface area (Å²) in [4.78, 5) is 25.4. The van der Waals surface area contributed by atoms with Crippen LogP contribution in [0.1, 0.15) is 17.2 Å². The molecule has 0 aliphatic heterocycles. The molecule has 1 amide bonds. The fourth-order valence-corrected chi connectivity index (χ4v) is 3.27. The van der Waals surface area contributed by atoms with E-state index in [2.05, 4.69) is 15.6 Å². The third kappa shape index (κ3) is 4.05. The highest BCUT2D eigenvalue weighted by Gasteiger charge is 2.18. The molecule has 1 heterocycles. The van der Waals surface area contributed by atoms with Gasteiger partial charge in [-0.15, -0.1) is 5.10 Å². The molecular formula is C23H20N4O3. The lowest BCUT2D eigenvalue weighted by Gasteiger charge is -2.20. The second-order valence-electron chi connectivity index (χ2n) is 6.75. The van der Waals surface area contributed by atoms with Gasteiger partial charge in [-0.25, -0.2) is 4.68 Å². The van der Waals surface area contributed by atoms with E-state index in [4.69, 9.17) is 4.74 Å². The summed E-state index contributed by atoms with van der Waals surface area (Å²) in [7, 11) is 1.60. The van der Waals surface area contributed by atoms with Crippen LogP contribution in [0.25, 0.3) is 10.9 Å². The maximum Gasteiger partial charge on any atom is 0.278 e. The molecule has 0 radical (unpaired) electrons. The highest BCUT2D eigenvalue weighted by molar-refractivity contribution is 5.78. The first kappa shape index (κ1) is 19.3. The van der Waals surface area contributed by atoms with Crippen molar-refractivity contribution < 1.29 is 9.53 Å². The first-order chi connectivity index (χ1) is 14.7. The number of hydrogen-bond acceptors (Lipinski definition) is 5. The molecule has 7 heteroatoms. The first-order valence-electron chi connectivity index (χ1n) is 9.46. The number of hydrogen-bond donors (Lipinski definition) is 1. The number of nitrogens with zero attached hydrogens (tertiary/aromatic N) is 3. The maximum absolute atomic E-state index is 12.8. The molecule has 1 aromatic heterocycles. The number of nitrogens with one attached hydrogen (secondary N) is 1. The van der Waals surface area contributed by atoms with E-state index in [1.54, 1.807) is 31.4 Å². The molecule has 4 aromatic rings. The number of amides is 1. The summed E-state index contributed by atoms with van der Waals surface area (Å²) in [6, 6.07) is 23.7. The highest BCUT2D eigenvalue weighted by Crippen LogP contribution is 2.24. The molecule has 0 saturated carbocycles. The molecule has 30 heavy (non-hydrogen) atoms. The zero-order chi connectivity index (χ0) is 20.9. The van der Waals surface area contributed by atoms with Crippen LogP contribution in [-0.2, 0) is 11.3 Å². The highest BCUT2D eigenvalue weighted by atomic mass is 16.5. The number of rotatable bonds is 6. The van der Waals surface area contributed by atoms with Gasteiger partial charge >= 0.3 is 0 Å². The molecule has 1 atom stereocenters. The third-order valence-electron chi connectivity index (χ3n) is 4.81. The second kappa shape index (κ2) is 8.57. The summed E-state index contributed by atoms with van der Waals surface area (Å²) in [6.45, 7) is -0.226. The van der Waals surface area contributed by atoms with Gasteiger partial charge in [0, 0.05) is 0 Å². The lowest BCUT2D eigenvalue weighted by molar-refractivity contribution is -0.122. The largest absolute Gasteiger partial charge is 0.497 e. The number of methoxy groups -OCH3 is 1. The third-order valence-corrected chi connectivity index (χ3v) is 4.81. The van der Waals surface area contributed by atoms with Gasteiger partial charge in [-0.1, -0.05) is 59.8 Å². The van der Waals surface area contributed by atoms with Crippen molar-refractivity contribution in [1.29, 1.82) is 0 Å². The molecule has 3 aromatic carbocycles. The van der Waals surface area contributed by atoms with Gasteiger partial charge in [-0.05, 0) is 35.4 Å². The van der Waals surface area contributed by atoms with Crippen LogP contribution in [0.3, 0.4) is 0 Å². The molecule has 7 nitrogen and oxygen atoms in total. The number of aromatic nitrogens is 3. The monoisotopic (exact) mass is 400 g/mol. The quantitative estimate of drug-likeness (QED) is 0.538. The lowest BCUT2D eigenvalue weighted by Crippen LogP contribution is -2.36. The Morgan fingerprint density at radius 2 is 1.63 bits per heavy atom. The average molecular weight is 400 g/mol. The van der Waals surface area contributed by atoms with Crippen LogP contribution >= 0.6 is 0 Å². The van der Waals surface area contributed by atoms with Gasteiger partial charge in [0.25, 0.3) is 5.56 Å². The van der Waals surface area contributed by atoms with Crippen molar-refractivity contribution in [2.75, 3.05) is 7.11 Å². The van der Waals surface area contributed by atoms with Crippen molar-refractivity contribution in [3.63, 3.8) is 0 Å². The Morgan fingerprint density at radius 1 is 0.967 bits per heavy atom. The number of carbonyl (C=O) groups is 1. The molecule has 0 bridgehead atoms. The van der Waals surface area contributed by atoms with Crippen LogP contribution in [0.2, 0.25) is 0 Å². The van der Waals surface area contributed by atoms with Gasteiger partial charge in [0.1, 0.15) is 17.8 Å². The lowest BCUT2D eigenvalue weighted by atomic mass is 9.98. The standard InChI is InChI=1S/C23H20N4O3/c1-30-18-13-11-17(12-14-18)22(16-7-3-2-4-8-16)24-21(28)15-27-23(29)19-9-5-6-10-20(19)25-26-27/h2-14,22H,15H2,1H3,(H,24,28). The molecule has 0 fully saturated rings. The fourth-order valence-electron chi connectivity index (χ4n) is 3.27. The summed E-state index contributed by atoms with van der Waals surface area (Å²) in [5, 5.41) is 11.4. The first-order valence-corrected chi connectivity index (χ1v) is 9.46. The molecule has 4 rings (SSSR count). The van der Waals surface area contributed by atoms with E-state index in [1.165, 1.54) is 0 Å². The Morgan fingerprint density at radius 3 is 2.37 bits per heavy atom. The predicted molar refractivity (Wildman–Crippen MR) is 113 cm³/mol. The van der Waals surface area contributed by atoms with Crippen LogP contribution in [-0.4, -0.2) is 28.0 Å². The molecule has 1 N–H and O–H groups in total. The van der Waals surface area contributed by atoms with Crippen LogP contribution in [0.5, 0.6) is 5.75 Å². The van der Waals surface area contributed by atoms with E-state index in [0.717, 1.165) is 21.6 Å². The maximum atomic E-state index is 12.8. The summed E-state index contributed by atoms with van der Waals surface area (Å²) < 4.78 is 6.30. The Balaban J connectivity index is 1.60. The predicted octanol–water partition coefficient (Wildman–Crippen LogP) is 2.71. The van der Waals surface area contributed by atoms with Crippen LogP contribution < -0.4 is 15.6 Å². The van der Waals surface area contributed by atoms with Gasteiger partial charge in [0.05, 0.1) is 18.5 Å². The van der Waals surface area contributed by atoms with Crippen molar-refractivity contribution in [3.05, 3.63) is 100 Å². The zero-order valence-corrected chi connectivity index (χ0v) is 16.4. The SMILES string of the molecule is COc1ccc(C(NC(=O)Cn2nnc3ccccc3c2=O)c2ccccc2)cc1. The van der Waals surface area contributed by atoms with Crippen molar-refractivity contribution in [2.24, 2.45) is 0 Å². The molecule has 0 aliphatic rings. The van der Waals surface area contributed by atoms with E-state index in [-0.39, 0.29) is 24.1 Å². The van der Waals surface area contributed by atoms with Gasteiger partial charge < -0.3 is 10.1 Å². The number of ether oxygens (including phenoxy) is 1. The Kier molecular flexibility index (Phi) is 5.52. The summed E-state index contributed by atoms with van der Waals surface area (Å²) >= 11 is 0. The van der Waals surface area contributed by atoms with E-state index in [9.17, 15) is 9.59 Å². The minimum absolute atomic E-state index is 0.226. The van der Waals surface area contributed by atoms with E-state index >= 15 is 0 Å². The number of benzene rings is 3.